The second-order valence-corrected chi connectivity index (χ2v) is 10.1. The van der Waals surface area contributed by atoms with Gasteiger partial charge in [0, 0.05) is 23.4 Å². The summed E-state index contributed by atoms with van der Waals surface area (Å²) < 4.78 is 10.9. The van der Waals surface area contributed by atoms with E-state index in [9.17, 15) is 14.9 Å². The molecule has 0 bridgehead atoms. The normalized spacial score (nSPS) is 13.4. The number of oxazole rings is 1. The number of thiazole rings is 1. The summed E-state index contributed by atoms with van der Waals surface area (Å²) in [5, 5.41) is 15.4. The molecule has 11 heteroatoms. The molecule has 2 aromatic carbocycles. The Morgan fingerprint density at radius 2 is 1.95 bits per heavy atom. The molecule has 3 heterocycles. The van der Waals surface area contributed by atoms with Crippen molar-refractivity contribution in [2.24, 2.45) is 0 Å². The maximum absolute atomic E-state index is 13.0. The van der Waals surface area contributed by atoms with Gasteiger partial charge < -0.3 is 14.5 Å². The van der Waals surface area contributed by atoms with Crippen LogP contribution in [0.25, 0.3) is 10.3 Å². The van der Waals surface area contributed by atoms with Crippen molar-refractivity contribution in [2.75, 3.05) is 10.6 Å². The van der Waals surface area contributed by atoms with Crippen LogP contribution >= 0.6 is 11.3 Å². The molecule has 2 amide bonds. The van der Waals surface area contributed by atoms with E-state index >= 15 is 0 Å². The Kier molecular flexibility index (Phi) is 6.01. The van der Waals surface area contributed by atoms with Crippen molar-refractivity contribution in [1.82, 2.24) is 15.0 Å². The lowest BCUT2D eigenvalue weighted by Crippen LogP contribution is -2.13. The van der Waals surface area contributed by atoms with Crippen LogP contribution < -0.4 is 15.4 Å². The molecule has 2 N–H and O–H groups in total. The van der Waals surface area contributed by atoms with Gasteiger partial charge in [-0.15, -0.1) is 0 Å². The van der Waals surface area contributed by atoms with Crippen molar-refractivity contribution >= 4 is 44.3 Å². The SMILES string of the molecule is Cc1ccc(NC(=O)c2cccc(C3(C#N)CC3)c2)cc1Oc1ccc2nc(NC(=O)c3cocn3)sc2n1. The Morgan fingerprint density at radius 3 is 2.72 bits per heavy atom. The molecule has 0 atom stereocenters. The Bertz CT molecular complexity index is 1770. The van der Waals surface area contributed by atoms with Gasteiger partial charge in [-0.2, -0.15) is 5.26 Å². The van der Waals surface area contributed by atoms with Crippen LogP contribution in [0.3, 0.4) is 0 Å². The minimum atomic E-state index is -0.462. The Hall–Kier alpha value is -5.08. The summed E-state index contributed by atoms with van der Waals surface area (Å²) in [6.07, 6.45) is 4.06. The number of nitrogens with zero attached hydrogens (tertiary/aromatic N) is 4. The van der Waals surface area contributed by atoms with Crippen molar-refractivity contribution in [1.29, 1.82) is 5.26 Å². The smallest absolute Gasteiger partial charge is 0.279 e. The van der Waals surface area contributed by atoms with E-state index in [1.54, 1.807) is 42.5 Å². The topological polar surface area (TPSA) is 143 Å². The zero-order chi connectivity index (χ0) is 27.0. The molecular formula is C28H20N6O4S. The number of carbonyl (C=O) groups excluding carboxylic acids is 2. The third-order valence-electron chi connectivity index (χ3n) is 6.42. The molecule has 39 heavy (non-hydrogen) atoms. The monoisotopic (exact) mass is 536 g/mol. The standard InChI is InChI=1S/C28H20N6O4S/c1-16-5-6-19(31-24(35)17-3-2-4-18(11-17)28(14-29)9-10-28)12-22(16)38-23-8-7-20-26(33-23)39-27(32-20)34-25(36)21-13-37-15-30-21/h2-8,11-13,15H,9-10H2,1H3,(H,31,35)(H,32,34,36). The number of nitriles is 1. The average Bonchev–Trinajstić information content (AvgIpc) is 3.34. The van der Waals surface area contributed by atoms with Gasteiger partial charge in [0.25, 0.3) is 11.8 Å². The molecule has 1 saturated carbocycles. The number of aryl methyl sites for hydroxylation is 1. The van der Waals surface area contributed by atoms with Crippen molar-refractivity contribution in [3.05, 3.63) is 89.6 Å². The number of ether oxygens (including phenoxy) is 1. The first-order valence-corrected chi connectivity index (χ1v) is 12.8. The first-order valence-electron chi connectivity index (χ1n) is 12.0. The molecule has 6 rings (SSSR count). The highest BCUT2D eigenvalue weighted by Crippen LogP contribution is 2.47. The zero-order valence-corrected chi connectivity index (χ0v) is 21.4. The van der Waals surface area contributed by atoms with Crippen LogP contribution in [-0.2, 0) is 5.41 Å². The van der Waals surface area contributed by atoms with E-state index in [0.717, 1.165) is 24.0 Å². The van der Waals surface area contributed by atoms with E-state index in [0.29, 0.717) is 38.4 Å². The predicted molar refractivity (Wildman–Crippen MR) is 144 cm³/mol. The number of hydrogen-bond donors (Lipinski definition) is 2. The fourth-order valence-electron chi connectivity index (χ4n) is 4.05. The van der Waals surface area contributed by atoms with Crippen molar-refractivity contribution in [2.45, 2.75) is 25.2 Å². The number of amides is 2. The van der Waals surface area contributed by atoms with Crippen LogP contribution in [0.2, 0.25) is 0 Å². The van der Waals surface area contributed by atoms with Gasteiger partial charge >= 0.3 is 0 Å². The Morgan fingerprint density at radius 1 is 1.08 bits per heavy atom. The molecule has 1 fully saturated rings. The maximum atomic E-state index is 13.0. The number of pyridine rings is 1. The summed E-state index contributed by atoms with van der Waals surface area (Å²) in [5.41, 5.74) is 3.06. The molecule has 10 nitrogen and oxygen atoms in total. The number of aromatic nitrogens is 3. The molecule has 5 aromatic rings. The fourth-order valence-corrected chi connectivity index (χ4v) is 4.87. The molecule has 0 aliphatic heterocycles. The van der Waals surface area contributed by atoms with Gasteiger partial charge in [0.1, 0.15) is 22.4 Å². The predicted octanol–water partition coefficient (Wildman–Crippen LogP) is 5.84. The van der Waals surface area contributed by atoms with Crippen molar-refractivity contribution < 1.29 is 18.7 Å². The fraction of sp³-hybridized carbons (Fsp3) is 0.143. The average molecular weight is 537 g/mol. The molecule has 0 unspecified atom stereocenters. The summed E-state index contributed by atoms with van der Waals surface area (Å²) >= 11 is 1.20. The molecule has 0 saturated heterocycles. The van der Waals surface area contributed by atoms with Crippen LogP contribution in [0.1, 0.15) is 44.8 Å². The number of rotatable bonds is 7. The quantitative estimate of drug-likeness (QED) is 0.264. The van der Waals surface area contributed by atoms with Gasteiger partial charge in [-0.25, -0.2) is 15.0 Å². The highest BCUT2D eigenvalue weighted by molar-refractivity contribution is 7.22. The van der Waals surface area contributed by atoms with E-state index in [2.05, 4.69) is 31.7 Å². The first kappa shape index (κ1) is 24.3. The number of carbonyl (C=O) groups is 2. The van der Waals surface area contributed by atoms with Gasteiger partial charge in [-0.3, -0.25) is 14.9 Å². The van der Waals surface area contributed by atoms with E-state index in [-0.39, 0.29) is 11.6 Å². The van der Waals surface area contributed by atoms with Crippen molar-refractivity contribution in [3.63, 3.8) is 0 Å². The molecule has 1 aliphatic rings. The lowest BCUT2D eigenvalue weighted by molar-refractivity contribution is 0.101. The lowest BCUT2D eigenvalue weighted by atomic mass is 9.96. The highest BCUT2D eigenvalue weighted by Gasteiger charge is 2.45. The molecule has 0 spiro atoms. The number of nitrogens with one attached hydrogen (secondary N) is 2. The molecule has 192 valence electrons. The summed E-state index contributed by atoms with van der Waals surface area (Å²) in [4.78, 5) is 38.5. The molecule has 1 aliphatic carbocycles. The number of hydrogen-bond acceptors (Lipinski definition) is 9. The summed E-state index contributed by atoms with van der Waals surface area (Å²) in [6.45, 7) is 1.89. The van der Waals surface area contributed by atoms with Crippen LogP contribution in [-0.4, -0.2) is 26.8 Å². The van der Waals surface area contributed by atoms with E-state index in [1.165, 1.54) is 24.0 Å². The van der Waals surface area contributed by atoms with E-state index in [1.807, 2.05) is 19.1 Å². The third kappa shape index (κ3) is 4.93. The van der Waals surface area contributed by atoms with Gasteiger partial charge in [-0.1, -0.05) is 29.5 Å². The van der Waals surface area contributed by atoms with Crippen LogP contribution in [0.15, 0.2) is 71.7 Å². The summed E-state index contributed by atoms with van der Waals surface area (Å²) in [6, 6.07) is 18.4. The minimum Gasteiger partial charge on any atom is -0.451 e. The molecule has 0 radical (unpaired) electrons. The lowest BCUT2D eigenvalue weighted by Gasteiger charge is -2.12. The molecular weight excluding hydrogens is 516 g/mol. The number of benzene rings is 2. The second kappa shape index (κ2) is 9.66. The van der Waals surface area contributed by atoms with Crippen LogP contribution in [0.4, 0.5) is 10.8 Å². The summed E-state index contributed by atoms with van der Waals surface area (Å²) in [7, 11) is 0. The highest BCUT2D eigenvalue weighted by atomic mass is 32.1. The van der Waals surface area contributed by atoms with Crippen molar-refractivity contribution in [3.8, 4) is 17.7 Å². The van der Waals surface area contributed by atoms with Gasteiger partial charge in [0.2, 0.25) is 5.88 Å². The number of anilines is 2. The number of fused-ring (bicyclic) bond motifs is 1. The van der Waals surface area contributed by atoms with E-state index < -0.39 is 11.3 Å². The van der Waals surface area contributed by atoms with Crippen LogP contribution in [0.5, 0.6) is 11.6 Å². The van der Waals surface area contributed by atoms with E-state index in [4.69, 9.17) is 9.15 Å². The third-order valence-corrected chi connectivity index (χ3v) is 7.30. The second-order valence-electron chi connectivity index (χ2n) is 9.13. The zero-order valence-electron chi connectivity index (χ0n) is 20.6. The van der Waals surface area contributed by atoms with Gasteiger partial charge in [0.05, 0.1) is 11.5 Å². The largest absolute Gasteiger partial charge is 0.451 e. The summed E-state index contributed by atoms with van der Waals surface area (Å²) in [5.74, 6) is 0.160. The maximum Gasteiger partial charge on any atom is 0.279 e. The Labute approximate surface area is 226 Å². The Balaban J connectivity index is 1.17. The first-order chi connectivity index (χ1) is 18.9. The molecule has 3 aromatic heterocycles. The van der Waals surface area contributed by atoms with Gasteiger partial charge in [0.15, 0.2) is 17.2 Å². The van der Waals surface area contributed by atoms with Gasteiger partial charge in [-0.05, 0) is 55.2 Å². The minimum absolute atomic E-state index is 0.149. The van der Waals surface area contributed by atoms with Crippen LogP contribution in [0, 0.1) is 18.3 Å².